The predicted octanol–water partition coefficient (Wildman–Crippen LogP) is 4.48. The molecular weight excluding hydrogens is 278 g/mol. The van der Waals surface area contributed by atoms with Crippen molar-refractivity contribution in [1.29, 1.82) is 0 Å². The Balaban J connectivity index is 1.88. The second-order valence-corrected chi connectivity index (χ2v) is 6.29. The van der Waals surface area contributed by atoms with E-state index in [0.29, 0.717) is 5.75 Å². The third-order valence-corrected chi connectivity index (χ3v) is 4.29. The molecule has 0 spiro atoms. The molecule has 0 aliphatic rings. The van der Waals surface area contributed by atoms with E-state index in [9.17, 15) is 4.79 Å². The number of amides is 1. The fourth-order valence-electron chi connectivity index (χ4n) is 2.39. The van der Waals surface area contributed by atoms with Crippen LogP contribution in [0, 0.1) is 20.8 Å². The molecule has 1 N–H and O–H groups in total. The van der Waals surface area contributed by atoms with Gasteiger partial charge in [0, 0.05) is 11.4 Å². The summed E-state index contributed by atoms with van der Waals surface area (Å²) in [6.07, 6.45) is 0. The monoisotopic (exact) mass is 299 g/mol. The van der Waals surface area contributed by atoms with Gasteiger partial charge in [-0.2, -0.15) is 0 Å². The van der Waals surface area contributed by atoms with Crippen molar-refractivity contribution in [1.82, 2.24) is 0 Å². The molecule has 0 fully saturated rings. The maximum atomic E-state index is 12.1. The maximum absolute atomic E-state index is 12.1. The van der Waals surface area contributed by atoms with E-state index in [1.807, 2.05) is 32.0 Å². The molecule has 2 aromatic rings. The largest absolute Gasteiger partial charge is 0.325 e. The highest BCUT2D eigenvalue weighted by molar-refractivity contribution is 7.99. The van der Waals surface area contributed by atoms with E-state index in [0.717, 1.165) is 22.6 Å². The number of anilines is 1. The van der Waals surface area contributed by atoms with Gasteiger partial charge in [0.05, 0.1) is 5.75 Å². The average molecular weight is 299 g/mol. The lowest BCUT2D eigenvalue weighted by Gasteiger charge is -2.12. The summed E-state index contributed by atoms with van der Waals surface area (Å²) < 4.78 is 0. The smallest absolute Gasteiger partial charge is 0.234 e. The van der Waals surface area contributed by atoms with Gasteiger partial charge < -0.3 is 5.32 Å². The lowest BCUT2D eigenvalue weighted by atomic mass is 10.1. The van der Waals surface area contributed by atoms with Gasteiger partial charge in [0.1, 0.15) is 0 Å². The lowest BCUT2D eigenvalue weighted by molar-refractivity contribution is -0.113. The summed E-state index contributed by atoms with van der Waals surface area (Å²) in [4.78, 5) is 12.1. The van der Waals surface area contributed by atoms with Gasteiger partial charge in [-0.25, -0.2) is 0 Å². The molecule has 3 heteroatoms. The molecule has 0 saturated carbocycles. The highest BCUT2D eigenvalue weighted by Crippen LogP contribution is 2.22. The van der Waals surface area contributed by atoms with Crippen LogP contribution in [0.25, 0.3) is 0 Å². The number of hydrogen-bond donors (Lipinski definition) is 1. The fourth-order valence-corrected chi connectivity index (χ4v) is 3.18. The number of carbonyl (C=O) groups excluding carboxylic acids is 1. The van der Waals surface area contributed by atoms with Crippen LogP contribution in [0.5, 0.6) is 0 Å². The second-order valence-electron chi connectivity index (χ2n) is 5.30. The van der Waals surface area contributed by atoms with Crippen molar-refractivity contribution in [3.63, 3.8) is 0 Å². The third kappa shape index (κ3) is 4.64. The first kappa shape index (κ1) is 15.6. The van der Waals surface area contributed by atoms with E-state index in [4.69, 9.17) is 0 Å². The highest BCUT2D eigenvalue weighted by Gasteiger charge is 2.08. The van der Waals surface area contributed by atoms with Gasteiger partial charge in [0.25, 0.3) is 0 Å². The molecule has 0 aromatic heterocycles. The van der Waals surface area contributed by atoms with E-state index < -0.39 is 0 Å². The van der Waals surface area contributed by atoms with Gasteiger partial charge in [-0.3, -0.25) is 4.79 Å². The van der Waals surface area contributed by atoms with Crippen molar-refractivity contribution < 1.29 is 4.79 Å². The van der Waals surface area contributed by atoms with Crippen LogP contribution < -0.4 is 5.32 Å². The number of nitrogens with one attached hydrogen (secondary N) is 1. The van der Waals surface area contributed by atoms with Crippen molar-refractivity contribution >= 4 is 23.4 Å². The van der Waals surface area contributed by atoms with Crippen LogP contribution in [0.1, 0.15) is 22.3 Å². The molecular formula is C18H21NOS. The molecule has 0 aliphatic heterocycles. The normalized spacial score (nSPS) is 10.4. The lowest BCUT2D eigenvalue weighted by Crippen LogP contribution is -2.16. The number of hydrogen-bond acceptors (Lipinski definition) is 2. The first-order chi connectivity index (χ1) is 10.1. The molecule has 1 amide bonds. The van der Waals surface area contributed by atoms with Crippen molar-refractivity contribution in [3.8, 4) is 0 Å². The average Bonchev–Trinajstić information content (AvgIpc) is 2.44. The summed E-state index contributed by atoms with van der Waals surface area (Å²) in [7, 11) is 0. The minimum atomic E-state index is 0.0611. The Morgan fingerprint density at radius 3 is 2.29 bits per heavy atom. The summed E-state index contributed by atoms with van der Waals surface area (Å²) >= 11 is 1.64. The summed E-state index contributed by atoms with van der Waals surface area (Å²) in [6.45, 7) is 6.14. The molecule has 0 saturated heterocycles. The second kappa shape index (κ2) is 7.32. The van der Waals surface area contributed by atoms with Crippen molar-refractivity contribution in [3.05, 3.63) is 64.7 Å². The molecule has 2 rings (SSSR count). The first-order valence-electron chi connectivity index (χ1n) is 7.05. The first-order valence-corrected chi connectivity index (χ1v) is 8.21. The molecule has 0 bridgehead atoms. The fraction of sp³-hybridized carbons (Fsp3) is 0.278. The van der Waals surface area contributed by atoms with E-state index in [1.165, 1.54) is 11.1 Å². The zero-order valence-corrected chi connectivity index (χ0v) is 13.6. The summed E-state index contributed by atoms with van der Waals surface area (Å²) in [5.41, 5.74) is 5.66. The summed E-state index contributed by atoms with van der Waals surface area (Å²) in [6, 6.07) is 14.4. The van der Waals surface area contributed by atoms with Crippen LogP contribution in [0.4, 0.5) is 5.69 Å². The standard InChI is InChI=1S/C18H21NOS/c1-13-9-14(2)18(15(3)10-13)19-17(20)12-21-11-16-7-5-4-6-8-16/h4-10H,11-12H2,1-3H3,(H,19,20). The van der Waals surface area contributed by atoms with Gasteiger partial charge in [-0.05, 0) is 37.5 Å². The molecule has 0 unspecified atom stereocenters. The molecule has 2 nitrogen and oxygen atoms in total. The van der Waals surface area contributed by atoms with Crippen LogP contribution >= 0.6 is 11.8 Å². The van der Waals surface area contributed by atoms with Gasteiger partial charge >= 0.3 is 0 Å². The molecule has 0 radical (unpaired) electrons. The summed E-state index contributed by atoms with van der Waals surface area (Å²) in [5.74, 6) is 1.40. The van der Waals surface area contributed by atoms with Gasteiger partial charge in [-0.1, -0.05) is 48.0 Å². The zero-order valence-electron chi connectivity index (χ0n) is 12.8. The summed E-state index contributed by atoms with van der Waals surface area (Å²) in [5, 5.41) is 3.03. The Morgan fingerprint density at radius 2 is 1.67 bits per heavy atom. The minimum Gasteiger partial charge on any atom is -0.325 e. The molecule has 0 heterocycles. The minimum absolute atomic E-state index is 0.0611. The predicted molar refractivity (Wildman–Crippen MR) is 91.9 cm³/mol. The van der Waals surface area contributed by atoms with Crippen LogP contribution in [-0.2, 0) is 10.5 Å². The maximum Gasteiger partial charge on any atom is 0.234 e. The van der Waals surface area contributed by atoms with Gasteiger partial charge in [-0.15, -0.1) is 11.8 Å². The van der Waals surface area contributed by atoms with E-state index in [1.54, 1.807) is 11.8 Å². The van der Waals surface area contributed by atoms with Crippen molar-refractivity contribution in [2.45, 2.75) is 26.5 Å². The zero-order chi connectivity index (χ0) is 15.2. The number of carbonyl (C=O) groups is 1. The van der Waals surface area contributed by atoms with Crippen LogP contribution in [-0.4, -0.2) is 11.7 Å². The molecule has 21 heavy (non-hydrogen) atoms. The van der Waals surface area contributed by atoms with Crippen LogP contribution in [0.15, 0.2) is 42.5 Å². The molecule has 0 aliphatic carbocycles. The van der Waals surface area contributed by atoms with E-state index in [2.05, 4.69) is 36.5 Å². The number of benzene rings is 2. The number of rotatable bonds is 5. The van der Waals surface area contributed by atoms with Crippen LogP contribution in [0.3, 0.4) is 0 Å². The van der Waals surface area contributed by atoms with Crippen molar-refractivity contribution in [2.24, 2.45) is 0 Å². The quantitative estimate of drug-likeness (QED) is 0.881. The topological polar surface area (TPSA) is 29.1 Å². The Bertz CT molecular complexity index is 599. The third-order valence-electron chi connectivity index (χ3n) is 3.29. The number of aryl methyl sites for hydroxylation is 3. The molecule has 110 valence electrons. The number of thioether (sulfide) groups is 1. The van der Waals surface area contributed by atoms with Gasteiger partial charge in [0.15, 0.2) is 0 Å². The highest BCUT2D eigenvalue weighted by atomic mass is 32.2. The van der Waals surface area contributed by atoms with Crippen LogP contribution in [0.2, 0.25) is 0 Å². The van der Waals surface area contributed by atoms with Crippen molar-refractivity contribution in [2.75, 3.05) is 11.1 Å². The van der Waals surface area contributed by atoms with E-state index in [-0.39, 0.29) is 5.91 Å². The SMILES string of the molecule is Cc1cc(C)c(NC(=O)CSCc2ccccc2)c(C)c1. The molecule has 2 aromatic carbocycles. The Labute approximate surface area is 131 Å². The Hall–Kier alpha value is -1.74. The van der Waals surface area contributed by atoms with Gasteiger partial charge in [0.2, 0.25) is 5.91 Å². The Kier molecular flexibility index (Phi) is 5.45. The molecule has 0 atom stereocenters. The Morgan fingerprint density at radius 1 is 1.05 bits per heavy atom. The van der Waals surface area contributed by atoms with E-state index >= 15 is 0 Å².